The van der Waals surface area contributed by atoms with E-state index in [1.165, 1.54) is 49.1 Å². The minimum atomic E-state index is -1.09. The van der Waals surface area contributed by atoms with Crippen LogP contribution in [0.25, 0.3) is 0 Å². The molecule has 156 valence electrons. The third kappa shape index (κ3) is 4.77. The largest absolute Gasteiger partial charge is 0.387 e. The number of hydrogen-bond acceptors (Lipinski definition) is 4. The fraction of sp³-hybridized carbons (Fsp3) is 0.762. The molecule has 1 unspecified atom stereocenters. The maximum atomic E-state index is 12.8. The monoisotopic (exact) mass is 409 g/mol. The fourth-order valence-corrected chi connectivity index (χ4v) is 4.77. The Morgan fingerprint density at radius 3 is 2.68 bits per heavy atom. The van der Waals surface area contributed by atoms with E-state index in [0.717, 1.165) is 6.42 Å². The van der Waals surface area contributed by atoms with Crippen molar-refractivity contribution in [2.75, 3.05) is 13.1 Å². The summed E-state index contributed by atoms with van der Waals surface area (Å²) in [4.78, 5) is 30.7. The molecular weight excluding hydrogens is 378 g/mol. The van der Waals surface area contributed by atoms with Crippen LogP contribution in [-0.2, 0) is 11.3 Å². The van der Waals surface area contributed by atoms with Gasteiger partial charge in [0.05, 0.1) is 18.5 Å². The smallest absolute Gasteiger partial charge is 0.254 e. The molecule has 1 aromatic heterocycles. The first-order valence-electron chi connectivity index (χ1n) is 10.4. The molecule has 1 amide bonds. The van der Waals surface area contributed by atoms with Gasteiger partial charge < -0.3 is 10.0 Å². The van der Waals surface area contributed by atoms with Crippen LogP contribution < -0.4 is 5.56 Å². The highest BCUT2D eigenvalue weighted by atomic mass is 35.5. The maximum Gasteiger partial charge on any atom is 0.254 e. The molecule has 2 fully saturated rings. The first kappa shape index (κ1) is 21.3. The Labute approximate surface area is 171 Å². The Kier molecular flexibility index (Phi) is 6.50. The molecule has 6 nitrogen and oxygen atoms in total. The van der Waals surface area contributed by atoms with Crippen LogP contribution in [0.1, 0.15) is 65.2 Å². The van der Waals surface area contributed by atoms with Crippen LogP contribution in [-0.4, -0.2) is 44.2 Å². The summed E-state index contributed by atoms with van der Waals surface area (Å²) < 4.78 is 1.40. The molecule has 1 aromatic rings. The maximum absolute atomic E-state index is 12.8. The number of likely N-dealkylation sites (tertiary alicyclic amines) is 1. The summed E-state index contributed by atoms with van der Waals surface area (Å²) in [5, 5.41) is 11.5. The highest BCUT2D eigenvalue weighted by molar-refractivity contribution is 6.29. The molecule has 1 N–H and O–H groups in total. The van der Waals surface area contributed by atoms with Gasteiger partial charge >= 0.3 is 0 Å². The van der Waals surface area contributed by atoms with Crippen molar-refractivity contribution in [2.45, 2.75) is 77.4 Å². The second-order valence-electron chi connectivity index (χ2n) is 9.20. The van der Waals surface area contributed by atoms with E-state index >= 15 is 0 Å². The van der Waals surface area contributed by atoms with Crippen LogP contribution in [0.15, 0.2) is 17.2 Å². The Bertz CT molecular complexity index is 758. The minimum absolute atomic E-state index is 0.144. The van der Waals surface area contributed by atoms with Crippen LogP contribution in [0.5, 0.6) is 0 Å². The summed E-state index contributed by atoms with van der Waals surface area (Å²) in [5.41, 5.74) is -1.91. The van der Waals surface area contributed by atoms with Crippen LogP contribution in [0, 0.1) is 11.3 Å². The zero-order valence-electron chi connectivity index (χ0n) is 17.0. The molecule has 0 radical (unpaired) electrons. The van der Waals surface area contributed by atoms with Crippen molar-refractivity contribution in [3.05, 3.63) is 27.9 Å². The molecule has 1 aliphatic carbocycles. The molecule has 1 saturated heterocycles. The lowest BCUT2D eigenvalue weighted by Crippen LogP contribution is -2.60. The van der Waals surface area contributed by atoms with Gasteiger partial charge in [0, 0.05) is 31.0 Å². The first-order valence-corrected chi connectivity index (χ1v) is 10.8. The summed E-state index contributed by atoms with van der Waals surface area (Å²) >= 11 is 5.76. The Morgan fingerprint density at radius 1 is 1.32 bits per heavy atom. The predicted octanol–water partition coefficient (Wildman–Crippen LogP) is 3.25. The van der Waals surface area contributed by atoms with Gasteiger partial charge in [-0.05, 0) is 18.8 Å². The molecular formula is C21H32ClN3O3. The van der Waals surface area contributed by atoms with Gasteiger partial charge in [0.1, 0.15) is 5.15 Å². The van der Waals surface area contributed by atoms with Crippen molar-refractivity contribution in [1.82, 2.24) is 14.5 Å². The lowest BCUT2D eigenvalue weighted by Gasteiger charge is -2.50. The average molecular weight is 410 g/mol. The van der Waals surface area contributed by atoms with Crippen molar-refractivity contribution in [2.24, 2.45) is 11.3 Å². The molecule has 28 heavy (non-hydrogen) atoms. The standard InChI is InChI=1S/C21H32ClN3O3/c1-20(2)13-24(18(26)9-8-16-6-4-3-5-7-16)11-10-21(20,28)14-25-15-23-17(22)12-19(25)27/h12,15-16,28H,3-11,13-14H2,1-2H3. The molecule has 2 aliphatic rings. The van der Waals surface area contributed by atoms with Crippen molar-refractivity contribution < 1.29 is 9.90 Å². The molecule has 3 rings (SSSR count). The third-order valence-electron chi connectivity index (χ3n) is 6.76. The van der Waals surface area contributed by atoms with Crippen LogP contribution in [0.4, 0.5) is 0 Å². The lowest BCUT2D eigenvalue weighted by atomic mass is 9.69. The van der Waals surface area contributed by atoms with Gasteiger partial charge in [-0.15, -0.1) is 0 Å². The van der Waals surface area contributed by atoms with Gasteiger partial charge in [0.25, 0.3) is 5.56 Å². The lowest BCUT2D eigenvalue weighted by molar-refractivity contribution is -0.154. The number of aliphatic hydroxyl groups is 1. The van der Waals surface area contributed by atoms with E-state index in [0.29, 0.717) is 31.8 Å². The fourth-order valence-electron chi connectivity index (χ4n) is 4.63. The van der Waals surface area contributed by atoms with E-state index in [1.54, 1.807) is 0 Å². The average Bonchev–Trinajstić information content (AvgIpc) is 2.65. The van der Waals surface area contributed by atoms with E-state index < -0.39 is 11.0 Å². The SMILES string of the molecule is CC1(C)CN(C(=O)CCC2CCCCC2)CCC1(O)Cn1cnc(Cl)cc1=O. The van der Waals surface area contributed by atoms with Gasteiger partial charge in [-0.25, -0.2) is 4.98 Å². The van der Waals surface area contributed by atoms with Gasteiger partial charge in [0.2, 0.25) is 5.91 Å². The topological polar surface area (TPSA) is 75.4 Å². The number of amides is 1. The van der Waals surface area contributed by atoms with E-state index in [1.807, 2.05) is 18.7 Å². The summed E-state index contributed by atoms with van der Waals surface area (Å²) in [6, 6.07) is 1.25. The summed E-state index contributed by atoms with van der Waals surface area (Å²) in [6.07, 6.45) is 9.81. The number of hydrogen-bond donors (Lipinski definition) is 1. The van der Waals surface area contributed by atoms with Gasteiger partial charge in [-0.3, -0.25) is 14.2 Å². The predicted molar refractivity (Wildman–Crippen MR) is 109 cm³/mol. The van der Waals surface area contributed by atoms with Crippen molar-refractivity contribution >= 4 is 17.5 Å². The van der Waals surface area contributed by atoms with E-state index in [-0.39, 0.29) is 23.2 Å². The van der Waals surface area contributed by atoms with Crippen LogP contribution in [0.2, 0.25) is 5.15 Å². The molecule has 1 saturated carbocycles. The summed E-state index contributed by atoms with van der Waals surface area (Å²) in [5.74, 6) is 0.878. The first-order chi connectivity index (χ1) is 13.2. The van der Waals surface area contributed by atoms with Gasteiger partial charge in [0.15, 0.2) is 0 Å². The van der Waals surface area contributed by atoms with E-state index in [4.69, 9.17) is 11.6 Å². The highest BCUT2D eigenvalue weighted by Gasteiger charge is 2.48. The zero-order chi connectivity index (χ0) is 20.4. The van der Waals surface area contributed by atoms with Gasteiger partial charge in [-0.2, -0.15) is 0 Å². The number of nitrogens with zero attached hydrogens (tertiary/aromatic N) is 3. The minimum Gasteiger partial charge on any atom is -0.387 e. The van der Waals surface area contributed by atoms with Crippen molar-refractivity contribution in [3.63, 3.8) is 0 Å². The summed E-state index contributed by atoms with van der Waals surface area (Å²) in [7, 11) is 0. The molecule has 1 atom stereocenters. The molecule has 0 aromatic carbocycles. The van der Waals surface area contributed by atoms with Crippen LogP contribution in [0.3, 0.4) is 0 Å². The Hall–Kier alpha value is -1.40. The van der Waals surface area contributed by atoms with E-state index in [9.17, 15) is 14.7 Å². The number of carbonyl (C=O) groups is 1. The van der Waals surface area contributed by atoms with Crippen LogP contribution >= 0.6 is 11.6 Å². The number of piperidine rings is 1. The number of aromatic nitrogens is 2. The summed E-state index contributed by atoms with van der Waals surface area (Å²) in [6.45, 7) is 5.07. The quantitative estimate of drug-likeness (QED) is 0.757. The number of halogens is 1. The Morgan fingerprint density at radius 2 is 2.04 bits per heavy atom. The van der Waals surface area contributed by atoms with Gasteiger partial charge in [-0.1, -0.05) is 57.6 Å². The Balaban J connectivity index is 1.61. The molecule has 0 bridgehead atoms. The molecule has 1 aliphatic heterocycles. The molecule has 0 spiro atoms. The van der Waals surface area contributed by atoms with Crippen molar-refractivity contribution in [3.8, 4) is 0 Å². The van der Waals surface area contributed by atoms with E-state index in [2.05, 4.69) is 4.98 Å². The highest BCUT2D eigenvalue weighted by Crippen LogP contribution is 2.40. The number of carbonyl (C=O) groups excluding carboxylic acids is 1. The normalized spacial score (nSPS) is 25.6. The number of rotatable bonds is 5. The zero-order valence-corrected chi connectivity index (χ0v) is 17.7. The molecule has 2 heterocycles. The molecule has 7 heteroatoms. The third-order valence-corrected chi connectivity index (χ3v) is 6.97. The second kappa shape index (κ2) is 8.54. The van der Waals surface area contributed by atoms with Crippen molar-refractivity contribution in [1.29, 1.82) is 0 Å². The second-order valence-corrected chi connectivity index (χ2v) is 9.59.